The van der Waals surface area contributed by atoms with Crippen molar-refractivity contribution in [1.29, 1.82) is 0 Å². The lowest BCUT2D eigenvalue weighted by molar-refractivity contribution is -0.136. The first kappa shape index (κ1) is 19.6. The van der Waals surface area contributed by atoms with Crippen molar-refractivity contribution in [3.8, 4) is 11.1 Å². The van der Waals surface area contributed by atoms with E-state index in [-0.39, 0.29) is 12.3 Å². The molecule has 0 spiro atoms. The van der Waals surface area contributed by atoms with E-state index < -0.39 is 5.97 Å². The Morgan fingerprint density at radius 3 is 2.43 bits per heavy atom. The lowest BCUT2D eigenvalue weighted by Gasteiger charge is -2.18. The number of hydrogen-bond acceptors (Lipinski definition) is 2. The number of aliphatic carboxylic acids is 1. The molecular formula is C26H23NO3. The third-order valence-corrected chi connectivity index (χ3v) is 5.65. The van der Waals surface area contributed by atoms with Gasteiger partial charge in [0.15, 0.2) is 0 Å². The van der Waals surface area contributed by atoms with Crippen molar-refractivity contribution in [2.45, 2.75) is 19.8 Å². The minimum atomic E-state index is -0.869. The predicted molar refractivity (Wildman–Crippen MR) is 120 cm³/mol. The van der Waals surface area contributed by atoms with Gasteiger partial charge < -0.3 is 10.0 Å². The van der Waals surface area contributed by atoms with Gasteiger partial charge in [0.25, 0.3) is 5.91 Å². The summed E-state index contributed by atoms with van der Waals surface area (Å²) in [6.45, 7) is 6.41. The van der Waals surface area contributed by atoms with Crippen LogP contribution in [-0.4, -0.2) is 24.0 Å². The van der Waals surface area contributed by atoms with Gasteiger partial charge in [-0.05, 0) is 58.0 Å². The van der Waals surface area contributed by atoms with Crippen LogP contribution in [0.15, 0.2) is 67.2 Å². The summed E-state index contributed by atoms with van der Waals surface area (Å²) in [4.78, 5) is 26.0. The van der Waals surface area contributed by atoms with Gasteiger partial charge in [0, 0.05) is 18.2 Å². The van der Waals surface area contributed by atoms with E-state index >= 15 is 0 Å². The quantitative estimate of drug-likeness (QED) is 0.659. The first-order valence-electron chi connectivity index (χ1n) is 9.95. The topological polar surface area (TPSA) is 57.6 Å². The molecule has 0 aromatic heterocycles. The van der Waals surface area contributed by atoms with Crippen LogP contribution in [0.5, 0.6) is 0 Å². The monoisotopic (exact) mass is 397 g/mol. The van der Waals surface area contributed by atoms with Crippen molar-refractivity contribution in [3.05, 3.63) is 95.1 Å². The van der Waals surface area contributed by atoms with E-state index in [0.29, 0.717) is 5.56 Å². The Labute approximate surface area is 176 Å². The van der Waals surface area contributed by atoms with Crippen LogP contribution in [0.4, 0.5) is 5.69 Å². The van der Waals surface area contributed by atoms with Crippen molar-refractivity contribution in [2.75, 3.05) is 11.9 Å². The van der Waals surface area contributed by atoms with Crippen LogP contribution in [0.3, 0.4) is 0 Å². The Balaban J connectivity index is 1.82. The van der Waals surface area contributed by atoms with E-state index in [2.05, 4.69) is 19.6 Å². The Bertz CT molecular complexity index is 1190. The molecule has 0 saturated carbocycles. The van der Waals surface area contributed by atoms with Crippen LogP contribution in [0.25, 0.3) is 16.7 Å². The van der Waals surface area contributed by atoms with Crippen LogP contribution in [0.1, 0.15) is 39.5 Å². The average molecular weight is 397 g/mol. The SMILES string of the molecule is C=C1c2ccc(-c3cccc(CC(=O)O)c3)cc2C(=O)N(C)c2ccc(CC)cc21. The first-order valence-corrected chi connectivity index (χ1v) is 9.95. The van der Waals surface area contributed by atoms with Gasteiger partial charge in [0.2, 0.25) is 0 Å². The summed E-state index contributed by atoms with van der Waals surface area (Å²) in [5.74, 6) is -0.955. The van der Waals surface area contributed by atoms with Crippen molar-refractivity contribution < 1.29 is 14.7 Å². The Morgan fingerprint density at radius 1 is 0.933 bits per heavy atom. The van der Waals surface area contributed by atoms with Crippen LogP contribution in [0.2, 0.25) is 0 Å². The van der Waals surface area contributed by atoms with E-state index in [1.165, 1.54) is 5.56 Å². The standard InChI is InChI=1S/C26H23NO3/c1-4-17-8-11-24-22(13-17)16(2)21-10-9-20(15-23(21)26(30)27(24)3)19-7-5-6-18(12-19)14-25(28)29/h5-13,15H,2,4,14H2,1,3H3,(H,28,29). The number of hydrogen-bond donors (Lipinski definition) is 1. The van der Waals surface area contributed by atoms with Gasteiger partial charge in [-0.25, -0.2) is 0 Å². The Morgan fingerprint density at radius 2 is 1.70 bits per heavy atom. The summed E-state index contributed by atoms with van der Waals surface area (Å²) in [6, 6.07) is 19.4. The predicted octanol–water partition coefficient (Wildman–Crippen LogP) is 5.19. The highest BCUT2D eigenvalue weighted by atomic mass is 16.4. The molecule has 4 heteroatoms. The molecule has 0 fully saturated rings. The molecular weight excluding hydrogens is 374 g/mol. The number of anilines is 1. The van der Waals surface area contributed by atoms with E-state index in [4.69, 9.17) is 5.11 Å². The third-order valence-electron chi connectivity index (χ3n) is 5.65. The molecule has 1 aliphatic rings. The number of aryl methyl sites for hydroxylation is 1. The van der Waals surface area contributed by atoms with E-state index in [1.807, 2.05) is 48.5 Å². The molecule has 1 amide bonds. The van der Waals surface area contributed by atoms with Crippen molar-refractivity contribution in [3.63, 3.8) is 0 Å². The maximum atomic E-state index is 13.3. The molecule has 30 heavy (non-hydrogen) atoms. The highest BCUT2D eigenvalue weighted by molar-refractivity contribution is 6.14. The number of rotatable bonds is 4. The molecule has 3 aromatic rings. The number of carboxylic acid groups (broad SMARTS) is 1. The van der Waals surface area contributed by atoms with Crippen LogP contribution in [-0.2, 0) is 17.6 Å². The van der Waals surface area contributed by atoms with Gasteiger partial charge >= 0.3 is 5.97 Å². The largest absolute Gasteiger partial charge is 0.481 e. The molecule has 0 radical (unpaired) electrons. The highest BCUT2D eigenvalue weighted by Crippen LogP contribution is 2.38. The van der Waals surface area contributed by atoms with Crippen LogP contribution < -0.4 is 4.90 Å². The molecule has 0 saturated heterocycles. The van der Waals surface area contributed by atoms with Gasteiger partial charge in [-0.1, -0.05) is 56.0 Å². The number of nitrogens with zero attached hydrogens (tertiary/aromatic N) is 1. The maximum absolute atomic E-state index is 13.3. The summed E-state index contributed by atoms with van der Waals surface area (Å²) in [6.07, 6.45) is 0.878. The molecule has 1 heterocycles. The third kappa shape index (κ3) is 3.41. The van der Waals surface area contributed by atoms with Gasteiger partial charge in [0.05, 0.1) is 12.1 Å². The first-order chi connectivity index (χ1) is 14.4. The maximum Gasteiger partial charge on any atom is 0.307 e. The molecule has 1 N–H and O–H groups in total. The van der Waals surface area contributed by atoms with E-state index in [0.717, 1.165) is 45.5 Å². The molecule has 0 bridgehead atoms. The van der Waals surface area contributed by atoms with Gasteiger partial charge in [-0.15, -0.1) is 0 Å². The smallest absolute Gasteiger partial charge is 0.307 e. The zero-order chi connectivity index (χ0) is 21.4. The normalized spacial score (nSPS) is 12.9. The molecule has 0 unspecified atom stereocenters. The summed E-state index contributed by atoms with van der Waals surface area (Å²) in [7, 11) is 1.79. The van der Waals surface area contributed by atoms with Crippen molar-refractivity contribution in [2.24, 2.45) is 0 Å². The number of carbonyl (C=O) groups excluding carboxylic acids is 1. The molecule has 4 rings (SSSR count). The summed E-state index contributed by atoms with van der Waals surface area (Å²) in [5, 5.41) is 9.07. The minimum absolute atomic E-state index is 0.0354. The fourth-order valence-corrected chi connectivity index (χ4v) is 3.97. The molecule has 1 aliphatic heterocycles. The second-order valence-electron chi connectivity index (χ2n) is 7.58. The Hall–Kier alpha value is -3.66. The number of carboxylic acids is 1. The van der Waals surface area contributed by atoms with Gasteiger partial charge in [-0.3, -0.25) is 9.59 Å². The summed E-state index contributed by atoms with van der Waals surface area (Å²) in [5.41, 5.74) is 7.75. The second kappa shape index (κ2) is 7.64. The van der Waals surface area contributed by atoms with E-state index in [9.17, 15) is 9.59 Å². The lowest BCUT2D eigenvalue weighted by atomic mass is 9.91. The van der Waals surface area contributed by atoms with Gasteiger partial charge in [0.1, 0.15) is 0 Å². The number of fused-ring (bicyclic) bond motifs is 2. The average Bonchev–Trinajstić information content (AvgIpc) is 2.83. The molecule has 0 atom stereocenters. The van der Waals surface area contributed by atoms with Crippen molar-refractivity contribution >= 4 is 23.1 Å². The fourth-order valence-electron chi connectivity index (χ4n) is 3.97. The highest BCUT2D eigenvalue weighted by Gasteiger charge is 2.27. The zero-order valence-corrected chi connectivity index (χ0v) is 17.1. The van der Waals surface area contributed by atoms with Crippen LogP contribution in [0, 0.1) is 0 Å². The number of carbonyl (C=O) groups is 2. The molecule has 3 aromatic carbocycles. The van der Waals surface area contributed by atoms with Crippen molar-refractivity contribution in [1.82, 2.24) is 0 Å². The van der Waals surface area contributed by atoms with Gasteiger partial charge in [-0.2, -0.15) is 0 Å². The summed E-state index contributed by atoms with van der Waals surface area (Å²) >= 11 is 0. The second-order valence-corrected chi connectivity index (χ2v) is 7.58. The lowest BCUT2D eigenvalue weighted by Crippen LogP contribution is -2.26. The fraction of sp³-hybridized carbons (Fsp3) is 0.154. The number of benzene rings is 3. The minimum Gasteiger partial charge on any atom is -0.481 e. The number of amides is 1. The summed E-state index contributed by atoms with van der Waals surface area (Å²) < 4.78 is 0. The molecule has 4 nitrogen and oxygen atoms in total. The molecule has 0 aliphatic carbocycles. The molecule has 150 valence electrons. The zero-order valence-electron chi connectivity index (χ0n) is 17.1. The van der Waals surface area contributed by atoms with Crippen LogP contribution >= 0.6 is 0 Å². The Kier molecular flexibility index (Phi) is 5.00. The van der Waals surface area contributed by atoms with E-state index in [1.54, 1.807) is 18.0 Å².